The van der Waals surface area contributed by atoms with Gasteiger partial charge in [-0.15, -0.1) is 0 Å². The number of hydrogen-bond acceptors (Lipinski definition) is 2. The Hall–Kier alpha value is -0.280. The van der Waals surface area contributed by atoms with E-state index in [2.05, 4.69) is 0 Å². The predicted octanol–water partition coefficient (Wildman–Crippen LogP) is 4.34. The summed E-state index contributed by atoms with van der Waals surface area (Å²) in [6.07, 6.45) is 5.65. The maximum absolute atomic E-state index is 6.45. The molecule has 2 fully saturated rings. The summed E-state index contributed by atoms with van der Waals surface area (Å²) in [6, 6.07) is 5.49. The van der Waals surface area contributed by atoms with Crippen LogP contribution in [0.25, 0.3) is 0 Å². The summed E-state index contributed by atoms with van der Waals surface area (Å²) >= 11 is 12.5. The second-order valence-corrected chi connectivity index (χ2v) is 6.61. The zero-order valence-electron chi connectivity index (χ0n) is 10.9. The molecule has 1 aromatic rings. The highest BCUT2D eigenvalue weighted by Crippen LogP contribution is 2.47. The van der Waals surface area contributed by atoms with Crippen molar-refractivity contribution >= 4 is 23.2 Å². The first kappa shape index (κ1) is 13.7. The van der Waals surface area contributed by atoms with Gasteiger partial charge in [0.1, 0.15) is 0 Å². The van der Waals surface area contributed by atoms with E-state index in [9.17, 15) is 0 Å². The van der Waals surface area contributed by atoms with Crippen LogP contribution >= 0.6 is 23.2 Å². The molecule has 3 rings (SSSR count). The Morgan fingerprint density at radius 3 is 2.53 bits per heavy atom. The Labute approximate surface area is 124 Å². The summed E-state index contributed by atoms with van der Waals surface area (Å²) in [7, 11) is 0. The van der Waals surface area contributed by atoms with Gasteiger partial charge in [0.15, 0.2) is 0 Å². The molecule has 4 heteroatoms. The number of hydrogen-bond donors (Lipinski definition) is 1. The summed E-state index contributed by atoms with van der Waals surface area (Å²) in [6.45, 7) is 0.806. The summed E-state index contributed by atoms with van der Waals surface area (Å²) in [4.78, 5) is 0. The Morgan fingerprint density at radius 2 is 1.95 bits per heavy atom. The quantitative estimate of drug-likeness (QED) is 0.881. The molecule has 2 N–H and O–H groups in total. The van der Waals surface area contributed by atoms with Crippen molar-refractivity contribution in [3.05, 3.63) is 33.8 Å². The van der Waals surface area contributed by atoms with Crippen LogP contribution in [0.2, 0.25) is 10.0 Å². The van der Waals surface area contributed by atoms with E-state index in [0.717, 1.165) is 25.0 Å². The van der Waals surface area contributed by atoms with Crippen LogP contribution in [-0.2, 0) is 4.74 Å². The SMILES string of the molecule is NC(c1c(Cl)cccc1Cl)C1CCOC2(CCC2)C1. The maximum Gasteiger partial charge on any atom is 0.0686 e. The highest BCUT2D eigenvalue weighted by molar-refractivity contribution is 6.36. The second-order valence-electron chi connectivity index (χ2n) is 5.80. The molecule has 1 spiro atoms. The predicted molar refractivity (Wildman–Crippen MR) is 78.6 cm³/mol. The second kappa shape index (κ2) is 5.25. The molecular formula is C15H19Cl2NO. The summed E-state index contributed by atoms with van der Waals surface area (Å²) < 4.78 is 5.96. The third kappa shape index (κ3) is 2.52. The Balaban J connectivity index is 1.81. The van der Waals surface area contributed by atoms with Crippen molar-refractivity contribution in [3.8, 4) is 0 Å². The van der Waals surface area contributed by atoms with Gasteiger partial charge in [-0.25, -0.2) is 0 Å². The van der Waals surface area contributed by atoms with Crippen LogP contribution in [0.1, 0.15) is 43.7 Å². The van der Waals surface area contributed by atoms with E-state index in [1.165, 1.54) is 19.3 Å². The van der Waals surface area contributed by atoms with Gasteiger partial charge in [0.2, 0.25) is 0 Å². The van der Waals surface area contributed by atoms with Crippen molar-refractivity contribution in [2.75, 3.05) is 6.61 Å². The molecule has 0 aromatic heterocycles. The average Bonchev–Trinajstić information content (AvgIpc) is 2.37. The largest absolute Gasteiger partial charge is 0.375 e. The van der Waals surface area contributed by atoms with E-state index in [0.29, 0.717) is 16.0 Å². The molecule has 2 unspecified atom stereocenters. The summed E-state index contributed by atoms with van der Waals surface area (Å²) in [5.74, 6) is 0.409. The fraction of sp³-hybridized carbons (Fsp3) is 0.600. The Morgan fingerprint density at radius 1 is 1.26 bits per heavy atom. The van der Waals surface area contributed by atoms with E-state index in [-0.39, 0.29) is 11.6 Å². The minimum Gasteiger partial charge on any atom is -0.375 e. The van der Waals surface area contributed by atoms with Gasteiger partial charge >= 0.3 is 0 Å². The van der Waals surface area contributed by atoms with Gasteiger partial charge in [-0.2, -0.15) is 0 Å². The number of nitrogens with two attached hydrogens (primary N) is 1. The van der Waals surface area contributed by atoms with Gasteiger partial charge in [0.25, 0.3) is 0 Å². The van der Waals surface area contributed by atoms with Crippen LogP contribution in [0, 0.1) is 5.92 Å². The third-order valence-electron chi connectivity index (χ3n) is 4.64. The molecule has 19 heavy (non-hydrogen) atoms. The summed E-state index contributed by atoms with van der Waals surface area (Å²) in [5, 5.41) is 1.35. The monoisotopic (exact) mass is 299 g/mol. The van der Waals surface area contributed by atoms with Crippen molar-refractivity contribution in [2.24, 2.45) is 11.7 Å². The van der Waals surface area contributed by atoms with E-state index in [4.69, 9.17) is 33.7 Å². The van der Waals surface area contributed by atoms with Gasteiger partial charge in [0, 0.05) is 28.3 Å². The molecule has 1 aliphatic carbocycles. The first-order valence-electron chi connectivity index (χ1n) is 6.95. The van der Waals surface area contributed by atoms with Crippen LogP contribution in [-0.4, -0.2) is 12.2 Å². The van der Waals surface area contributed by atoms with Crippen molar-refractivity contribution in [3.63, 3.8) is 0 Å². The first-order valence-corrected chi connectivity index (χ1v) is 7.70. The first-order chi connectivity index (χ1) is 9.11. The Kier molecular flexibility index (Phi) is 3.78. The number of rotatable bonds is 2. The van der Waals surface area contributed by atoms with Crippen molar-refractivity contribution in [1.29, 1.82) is 0 Å². The minimum absolute atomic E-state index is 0.0948. The lowest BCUT2D eigenvalue weighted by Gasteiger charge is -2.48. The van der Waals surface area contributed by atoms with E-state index >= 15 is 0 Å². The van der Waals surface area contributed by atoms with E-state index in [1.807, 2.05) is 18.2 Å². The normalized spacial score (nSPS) is 27.0. The molecule has 1 aliphatic heterocycles. The van der Waals surface area contributed by atoms with Crippen LogP contribution in [0.4, 0.5) is 0 Å². The molecule has 2 atom stereocenters. The lowest BCUT2D eigenvalue weighted by molar-refractivity contribution is -0.146. The van der Waals surface area contributed by atoms with Crippen LogP contribution in [0.5, 0.6) is 0 Å². The molecule has 0 bridgehead atoms. The van der Waals surface area contributed by atoms with Gasteiger partial charge < -0.3 is 10.5 Å². The van der Waals surface area contributed by atoms with E-state index in [1.54, 1.807) is 0 Å². The summed E-state index contributed by atoms with van der Waals surface area (Å²) in [5.41, 5.74) is 7.45. The topological polar surface area (TPSA) is 35.2 Å². The molecule has 0 amide bonds. The maximum atomic E-state index is 6.45. The minimum atomic E-state index is -0.0948. The molecule has 104 valence electrons. The standard InChI is InChI=1S/C15H19Cl2NO/c16-11-3-1-4-12(17)13(11)14(18)10-5-8-19-15(9-10)6-2-7-15/h1,3-4,10,14H,2,5-9,18H2. The van der Waals surface area contributed by atoms with Gasteiger partial charge in [-0.3, -0.25) is 0 Å². The number of halogens is 2. The molecule has 1 saturated carbocycles. The van der Waals surface area contributed by atoms with Gasteiger partial charge in [-0.1, -0.05) is 29.3 Å². The molecular weight excluding hydrogens is 281 g/mol. The lowest BCUT2D eigenvalue weighted by Crippen LogP contribution is -2.47. The van der Waals surface area contributed by atoms with Gasteiger partial charge in [0.05, 0.1) is 5.60 Å². The highest BCUT2D eigenvalue weighted by Gasteiger charge is 2.44. The lowest BCUT2D eigenvalue weighted by atomic mass is 9.70. The fourth-order valence-electron chi connectivity index (χ4n) is 3.36. The molecule has 2 nitrogen and oxygen atoms in total. The third-order valence-corrected chi connectivity index (χ3v) is 5.30. The Bertz CT molecular complexity index is 453. The molecule has 1 saturated heterocycles. The number of benzene rings is 1. The fourth-order valence-corrected chi connectivity index (χ4v) is 4.01. The van der Waals surface area contributed by atoms with Crippen LogP contribution in [0.15, 0.2) is 18.2 Å². The zero-order chi connectivity index (χ0) is 13.5. The van der Waals surface area contributed by atoms with Crippen molar-refractivity contribution in [1.82, 2.24) is 0 Å². The molecule has 2 aliphatic rings. The zero-order valence-corrected chi connectivity index (χ0v) is 12.4. The smallest absolute Gasteiger partial charge is 0.0686 e. The molecule has 0 radical (unpaired) electrons. The van der Waals surface area contributed by atoms with Crippen molar-refractivity contribution < 1.29 is 4.74 Å². The van der Waals surface area contributed by atoms with E-state index < -0.39 is 0 Å². The van der Waals surface area contributed by atoms with Crippen LogP contribution < -0.4 is 5.73 Å². The number of ether oxygens (including phenoxy) is 1. The van der Waals surface area contributed by atoms with Gasteiger partial charge in [-0.05, 0) is 50.2 Å². The molecule has 1 heterocycles. The van der Waals surface area contributed by atoms with Crippen molar-refractivity contribution in [2.45, 2.75) is 43.7 Å². The van der Waals surface area contributed by atoms with Crippen LogP contribution in [0.3, 0.4) is 0 Å². The average molecular weight is 300 g/mol. The highest BCUT2D eigenvalue weighted by atomic mass is 35.5. The molecule has 1 aromatic carbocycles.